The topological polar surface area (TPSA) is 43.1 Å². The van der Waals surface area contributed by atoms with Gasteiger partial charge in [-0.2, -0.15) is 0 Å². The number of hydrogen-bond acceptors (Lipinski definition) is 2. The number of ketones is 1. The molecule has 0 aliphatic carbocycles. The molecule has 19 heavy (non-hydrogen) atoms. The van der Waals surface area contributed by atoms with E-state index in [1.807, 2.05) is 0 Å². The summed E-state index contributed by atoms with van der Waals surface area (Å²) in [5, 5.41) is 0. The lowest BCUT2D eigenvalue weighted by Gasteiger charge is -2.06. The Balaban J connectivity index is 2.25. The molecule has 2 nitrogen and oxygen atoms in total. The number of Topliss-reactive ketones (excluding diaryl/α,β-unsaturated/α-hetero) is 1. The molecule has 0 atom stereocenters. The van der Waals surface area contributed by atoms with Crippen molar-refractivity contribution in [2.24, 2.45) is 0 Å². The van der Waals surface area contributed by atoms with Crippen LogP contribution in [0.5, 0.6) is 0 Å². The Morgan fingerprint density at radius 2 is 1.89 bits per heavy atom. The molecule has 98 valence electrons. The number of carbonyl (C=O) groups is 1. The van der Waals surface area contributed by atoms with Gasteiger partial charge in [-0.3, -0.25) is 4.79 Å². The maximum Gasteiger partial charge on any atom is 0.169 e. The zero-order valence-corrected chi connectivity index (χ0v) is 13.0. The summed E-state index contributed by atoms with van der Waals surface area (Å²) in [6, 6.07) is 9.67. The van der Waals surface area contributed by atoms with Gasteiger partial charge in [0, 0.05) is 22.1 Å². The number of hydrogen-bond donors (Lipinski definition) is 1. The van der Waals surface area contributed by atoms with Gasteiger partial charge in [0.05, 0.1) is 4.47 Å². The van der Waals surface area contributed by atoms with Crippen LogP contribution in [0.4, 0.5) is 10.1 Å². The molecule has 0 aromatic heterocycles. The summed E-state index contributed by atoms with van der Waals surface area (Å²) in [7, 11) is 0. The number of nitrogen functional groups attached to an aromatic ring is 1. The second kappa shape index (κ2) is 5.84. The summed E-state index contributed by atoms with van der Waals surface area (Å²) in [6.45, 7) is 0. The van der Waals surface area contributed by atoms with Crippen LogP contribution in [0.25, 0.3) is 0 Å². The first-order valence-electron chi connectivity index (χ1n) is 5.49. The average molecular weight is 387 g/mol. The fourth-order valence-corrected chi connectivity index (χ4v) is 2.49. The van der Waals surface area contributed by atoms with Gasteiger partial charge >= 0.3 is 0 Å². The van der Waals surface area contributed by atoms with Gasteiger partial charge in [0.25, 0.3) is 0 Å². The molecule has 0 heterocycles. The molecule has 0 spiro atoms. The highest BCUT2D eigenvalue weighted by molar-refractivity contribution is 9.10. The molecule has 0 saturated carbocycles. The van der Waals surface area contributed by atoms with Crippen molar-refractivity contribution in [3.05, 3.63) is 62.3 Å². The van der Waals surface area contributed by atoms with Gasteiger partial charge < -0.3 is 5.73 Å². The van der Waals surface area contributed by atoms with Gasteiger partial charge in [0.1, 0.15) is 5.82 Å². The van der Waals surface area contributed by atoms with E-state index in [1.165, 1.54) is 6.07 Å². The van der Waals surface area contributed by atoms with E-state index in [2.05, 4.69) is 31.9 Å². The van der Waals surface area contributed by atoms with Crippen LogP contribution in [-0.2, 0) is 6.42 Å². The first-order chi connectivity index (χ1) is 8.97. The number of benzene rings is 2. The van der Waals surface area contributed by atoms with E-state index in [4.69, 9.17) is 5.73 Å². The maximum absolute atomic E-state index is 13.1. The van der Waals surface area contributed by atoms with Crippen LogP contribution in [0.3, 0.4) is 0 Å². The van der Waals surface area contributed by atoms with Crippen LogP contribution in [0.1, 0.15) is 15.9 Å². The van der Waals surface area contributed by atoms with E-state index in [9.17, 15) is 9.18 Å². The van der Waals surface area contributed by atoms with E-state index in [-0.39, 0.29) is 18.0 Å². The zero-order chi connectivity index (χ0) is 14.0. The molecule has 0 aliphatic heterocycles. The maximum atomic E-state index is 13.1. The summed E-state index contributed by atoms with van der Waals surface area (Å²) in [4.78, 5) is 12.2. The molecule has 0 aliphatic rings. The van der Waals surface area contributed by atoms with E-state index >= 15 is 0 Å². The smallest absolute Gasteiger partial charge is 0.169 e. The lowest BCUT2D eigenvalue weighted by molar-refractivity contribution is 0.0993. The second-order valence-electron chi connectivity index (χ2n) is 4.08. The Hall–Kier alpha value is -1.20. The van der Waals surface area contributed by atoms with Crippen molar-refractivity contribution >= 4 is 43.3 Å². The van der Waals surface area contributed by atoms with Gasteiger partial charge in [-0.05, 0) is 51.8 Å². The van der Waals surface area contributed by atoms with E-state index in [0.29, 0.717) is 15.7 Å². The number of anilines is 1. The van der Waals surface area contributed by atoms with E-state index < -0.39 is 0 Å². The molecule has 2 N–H and O–H groups in total. The highest BCUT2D eigenvalue weighted by Crippen LogP contribution is 2.22. The molecular formula is C14H10Br2FNO. The van der Waals surface area contributed by atoms with Gasteiger partial charge in [-0.25, -0.2) is 4.39 Å². The fourth-order valence-electron chi connectivity index (χ4n) is 1.70. The number of nitrogens with two attached hydrogens (primary N) is 1. The summed E-state index contributed by atoms with van der Waals surface area (Å²) in [5.41, 5.74) is 7.43. The van der Waals surface area contributed by atoms with Gasteiger partial charge in [0.2, 0.25) is 0 Å². The van der Waals surface area contributed by atoms with Crippen LogP contribution in [0, 0.1) is 5.82 Å². The van der Waals surface area contributed by atoms with Gasteiger partial charge in [-0.15, -0.1) is 0 Å². The average Bonchev–Trinajstić information content (AvgIpc) is 2.36. The summed E-state index contributed by atoms with van der Waals surface area (Å²) in [6.07, 6.45) is 0.180. The first kappa shape index (κ1) is 14.2. The lowest BCUT2D eigenvalue weighted by atomic mass is 10.0. The normalized spacial score (nSPS) is 10.5. The molecule has 5 heteroatoms. The molecule has 2 aromatic rings. The highest BCUT2D eigenvalue weighted by Gasteiger charge is 2.12. The van der Waals surface area contributed by atoms with Crippen LogP contribution in [0.2, 0.25) is 0 Å². The van der Waals surface area contributed by atoms with Crippen LogP contribution in [0.15, 0.2) is 45.3 Å². The van der Waals surface area contributed by atoms with Crippen molar-refractivity contribution in [2.45, 2.75) is 6.42 Å². The Labute approximate surface area is 127 Å². The minimum Gasteiger partial charge on any atom is -0.398 e. The molecule has 0 saturated heterocycles. The molecule has 0 radical (unpaired) electrons. The minimum atomic E-state index is -0.349. The van der Waals surface area contributed by atoms with Gasteiger partial charge in [0.15, 0.2) is 5.78 Å². The third-order valence-corrected chi connectivity index (χ3v) is 3.77. The lowest BCUT2D eigenvalue weighted by Crippen LogP contribution is -2.07. The summed E-state index contributed by atoms with van der Waals surface area (Å²) < 4.78 is 14.3. The van der Waals surface area contributed by atoms with Crippen molar-refractivity contribution in [1.29, 1.82) is 0 Å². The molecular weight excluding hydrogens is 377 g/mol. The molecule has 0 bridgehead atoms. The Kier molecular flexibility index (Phi) is 4.37. The van der Waals surface area contributed by atoms with Crippen molar-refractivity contribution in [2.75, 3.05) is 5.73 Å². The van der Waals surface area contributed by atoms with Crippen LogP contribution < -0.4 is 5.73 Å². The van der Waals surface area contributed by atoms with Crippen molar-refractivity contribution < 1.29 is 9.18 Å². The standard InChI is InChI=1S/C14H10Br2FNO/c15-9-2-4-13(18)10(7-9)14(19)6-8-1-3-12(17)11(16)5-8/h1-5,7H,6,18H2. The Morgan fingerprint density at radius 3 is 2.58 bits per heavy atom. The monoisotopic (exact) mass is 385 g/mol. The van der Waals surface area contributed by atoms with Crippen molar-refractivity contribution in [3.8, 4) is 0 Å². The summed E-state index contributed by atoms with van der Waals surface area (Å²) in [5.74, 6) is -0.449. The zero-order valence-electron chi connectivity index (χ0n) is 9.79. The van der Waals surface area contributed by atoms with E-state index in [1.54, 1.807) is 30.3 Å². The Bertz CT molecular complexity index is 643. The SMILES string of the molecule is Nc1ccc(Br)cc1C(=O)Cc1ccc(F)c(Br)c1. The van der Waals surface area contributed by atoms with Crippen LogP contribution >= 0.6 is 31.9 Å². The third kappa shape index (κ3) is 3.42. The number of halogens is 3. The largest absolute Gasteiger partial charge is 0.398 e. The van der Waals surface area contributed by atoms with E-state index in [0.717, 1.165) is 10.0 Å². The molecule has 0 unspecified atom stereocenters. The molecule has 0 fully saturated rings. The van der Waals surface area contributed by atoms with Crippen molar-refractivity contribution in [3.63, 3.8) is 0 Å². The predicted octanol–water partition coefficient (Wildman–Crippen LogP) is 4.36. The Morgan fingerprint density at radius 1 is 1.16 bits per heavy atom. The first-order valence-corrected chi connectivity index (χ1v) is 7.08. The number of carbonyl (C=O) groups excluding carboxylic acids is 1. The molecule has 2 aromatic carbocycles. The predicted molar refractivity (Wildman–Crippen MR) is 80.7 cm³/mol. The minimum absolute atomic E-state index is 0.0997. The molecule has 0 amide bonds. The highest BCUT2D eigenvalue weighted by atomic mass is 79.9. The van der Waals surface area contributed by atoms with Gasteiger partial charge in [-0.1, -0.05) is 22.0 Å². The van der Waals surface area contributed by atoms with Crippen molar-refractivity contribution in [1.82, 2.24) is 0 Å². The van der Waals surface area contributed by atoms with Crippen LogP contribution in [-0.4, -0.2) is 5.78 Å². The number of rotatable bonds is 3. The second-order valence-corrected chi connectivity index (χ2v) is 5.85. The third-order valence-electron chi connectivity index (χ3n) is 2.66. The molecule has 2 rings (SSSR count). The fraction of sp³-hybridized carbons (Fsp3) is 0.0714. The summed E-state index contributed by atoms with van der Waals surface area (Å²) >= 11 is 6.41. The quantitative estimate of drug-likeness (QED) is 0.629.